The maximum Gasteiger partial charge on any atom is 0.326 e. The van der Waals surface area contributed by atoms with Crippen LogP contribution in [-0.2, 0) is 35.2 Å². The van der Waals surface area contributed by atoms with Gasteiger partial charge in [-0.15, -0.1) is 6.58 Å². The number of hydrogen-bond donors (Lipinski definition) is 9. The van der Waals surface area contributed by atoms with Crippen molar-refractivity contribution in [1.82, 2.24) is 26.6 Å². The predicted octanol–water partition coefficient (Wildman–Crippen LogP) is -0.582. The smallest absolute Gasteiger partial charge is 0.326 e. The molecule has 1 aromatic rings. The van der Waals surface area contributed by atoms with Gasteiger partial charge in [-0.05, 0) is 49.5 Å². The number of hydrogen-bond acceptors (Lipinski definition) is 8. The van der Waals surface area contributed by atoms with E-state index in [1.807, 2.05) is 51.1 Å². The van der Waals surface area contributed by atoms with Gasteiger partial charge in [0.25, 0.3) is 0 Å². The van der Waals surface area contributed by atoms with Gasteiger partial charge in [-0.3, -0.25) is 29.0 Å². The number of carboxylic acid groups (broad SMARTS) is 1. The third-order valence-corrected chi connectivity index (χ3v) is 7.81. The first-order chi connectivity index (χ1) is 23.6. The molecule has 16 heteroatoms. The first-order valence-electron chi connectivity index (χ1n) is 16.8. The molecule has 5 amide bonds. The van der Waals surface area contributed by atoms with Crippen molar-refractivity contribution in [1.29, 1.82) is 0 Å². The van der Waals surface area contributed by atoms with E-state index in [9.17, 15) is 33.9 Å². The number of nitrogens with two attached hydrogens (primary N) is 3. The topological polar surface area (TPSA) is 273 Å². The van der Waals surface area contributed by atoms with Crippen LogP contribution in [0.3, 0.4) is 0 Å². The van der Waals surface area contributed by atoms with Gasteiger partial charge in [0.15, 0.2) is 5.96 Å². The number of benzene rings is 1. The van der Waals surface area contributed by atoms with E-state index in [-0.39, 0.29) is 56.4 Å². The molecule has 0 bridgehead atoms. The lowest BCUT2D eigenvalue weighted by atomic mass is 9.97. The van der Waals surface area contributed by atoms with E-state index in [4.69, 9.17) is 17.2 Å². The van der Waals surface area contributed by atoms with Crippen LogP contribution in [-0.4, -0.2) is 89.9 Å². The van der Waals surface area contributed by atoms with E-state index in [1.165, 1.54) is 6.08 Å². The second-order valence-corrected chi connectivity index (χ2v) is 12.6. The number of nitrogens with zero attached hydrogens (tertiary/aromatic N) is 1. The lowest BCUT2D eigenvalue weighted by Crippen LogP contribution is -2.58. The van der Waals surface area contributed by atoms with Gasteiger partial charge in [-0.25, -0.2) is 4.79 Å². The molecule has 0 fully saturated rings. The van der Waals surface area contributed by atoms with Gasteiger partial charge in [-0.2, -0.15) is 0 Å². The Bertz CT molecular complexity index is 1320. The van der Waals surface area contributed by atoms with Crippen molar-refractivity contribution >= 4 is 41.5 Å². The first kappa shape index (κ1) is 43.0. The summed E-state index contributed by atoms with van der Waals surface area (Å²) in [6.45, 7) is 10.5. The van der Waals surface area contributed by atoms with Crippen molar-refractivity contribution in [2.45, 2.75) is 96.4 Å². The fourth-order valence-corrected chi connectivity index (χ4v) is 4.85. The summed E-state index contributed by atoms with van der Waals surface area (Å²) in [5.74, 6) is -5.05. The molecule has 278 valence electrons. The second-order valence-electron chi connectivity index (χ2n) is 12.6. The third kappa shape index (κ3) is 16.4. The Hall–Kier alpha value is -4.99. The molecule has 0 aliphatic carbocycles. The SMILES string of the molecule is C=CC[C@H](NC(=O)[C@@H](N)Cc1ccccc1)C(=O)N[C@H](C(=O)NCC(=O)N[C@@H](CCCN=C(N)N)C(=O)N[C@@H](CC(C)C)C(=O)O)[C@@H](C)CC. The molecule has 0 aliphatic heterocycles. The van der Waals surface area contributed by atoms with Crippen LogP contribution < -0.4 is 43.8 Å². The minimum absolute atomic E-state index is 0.0268. The average Bonchev–Trinajstić information content (AvgIpc) is 3.06. The van der Waals surface area contributed by atoms with Gasteiger partial charge >= 0.3 is 5.97 Å². The van der Waals surface area contributed by atoms with E-state index in [0.717, 1.165) is 5.56 Å². The monoisotopic (exact) mass is 701 g/mol. The summed E-state index contributed by atoms with van der Waals surface area (Å²) in [4.78, 5) is 81.1. The van der Waals surface area contributed by atoms with Crippen LogP contribution in [0.2, 0.25) is 0 Å². The Morgan fingerprint density at radius 1 is 0.880 bits per heavy atom. The maximum absolute atomic E-state index is 13.3. The van der Waals surface area contributed by atoms with Gasteiger partial charge in [0, 0.05) is 6.54 Å². The standard InChI is InChI=1S/C34H55N9O7/c1-6-12-24(41-29(45)23(35)18-22-13-9-8-10-14-22)31(47)43-28(21(5)7-2)32(48)39-19-27(44)40-25(15-11-16-38-34(36)37)30(46)42-26(33(49)50)17-20(3)4/h6,8-10,13-14,20-21,23-26,28H,1,7,11-12,15-19,35H2,2-5H3,(H,39,48)(H,40,44)(H,41,45)(H,42,46)(H,43,47)(H,49,50)(H4,36,37,38)/t21-,23-,24-,25-,26-,28-/m0/s1. The zero-order valence-corrected chi connectivity index (χ0v) is 29.4. The molecule has 6 atom stereocenters. The Balaban J connectivity index is 2.96. The van der Waals surface area contributed by atoms with Crippen molar-refractivity contribution in [2.75, 3.05) is 13.1 Å². The zero-order valence-electron chi connectivity index (χ0n) is 29.4. The Kier molecular flexibility index (Phi) is 19.5. The molecule has 12 N–H and O–H groups in total. The number of aliphatic carboxylic acids is 1. The summed E-state index contributed by atoms with van der Waals surface area (Å²) < 4.78 is 0. The van der Waals surface area contributed by atoms with Crippen LogP contribution in [0.15, 0.2) is 48.0 Å². The van der Waals surface area contributed by atoms with Crippen molar-refractivity contribution in [3.05, 3.63) is 48.6 Å². The van der Waals surface area contributed by atoms with E-state index in [2.05, 4.69) is 38.2 Å². The van der Waals surface area contributed by atoms with Crippen molar-refractivity contribution < 1.29 is 33.9 Å². The molecule has 0 aromatic heterocycles. The number of amides is 5. The molecule has 0 heterocycles. The Morgan fingerprint density at radius 2 is 1.50 bits per heavy atom. The molecule has 16 nitrogen and oxygen atoms in total. The average molecular weight is 702 g/mol. The molecular formula is C34H55N9O7. The summed E-state index contributed by atoms with van der Waals surface area (Å²) in [5.41, 5.74) is 17.7. The molecule has 0 unspecified atom stereocenters. The van der Waals surface area contributed by atoms with Crippen molar-refractivity contribution in [3.8, 4) is 0 Å². The lowest BCUT2D eigenvalue weighted by molar-refractivity contribution is -0.142. The molecule has 0 spiro atoms. The number of nitrogens with one attached hydrogen (secondary N) is 5. The molecule has 0 saturated heterocycles. The van der Waals surface area contributed by atoms with Crippen LogP contribution in [0.1, 0.15) is 65.4 Å². The maximum atomic E-state index is 13.3. The number of carboxylic acids is 1. The van der Waals surface area contributed by atoms with Crippen LogP contribution in [0.25, 0.3) is 0 Å². The summed E-state index contributed by atoms with van der Waals surface area (Å²) >= 11 is 0. The van der Waals surface area contributed by atoms with E-state index in [1.54, 1.807) is 6.92 Å². The molecular weight excluding hydrogens is 646 g/mol. The molecule has 50 heavy (non-hydrogen) atoms. The summed E-state index contributed by atoms with van der Waals surface area (Å²) in [6.07, 6.45) is 2.81. The molecule has 0 saturated carbocycles. The highest BCUT2D eigenvalue weighted by atomic mass is 16.4. The third-order valence-electron chi connectivity index (χ3n) is 7.81. The summed E-state index contributed by atoms with van der Waals surface area (Å²) in [5, 5.41) is 22.4. The molecule has 1 aromatic carbocycles. The van der Waals surface area contributed by atoms with Crippen LogP contribution in [0.4, 0.5) is 0 Å². The van der Waals surface area contributed by atoms with Gasteiger partial charge in [0.1, 0.15) is 24.2 Å². The molecule has 0 aliphatic rings. The highest BCUT2D eigenvalue weighted by Gasteiger charge is 2.31. The fourth-order valence-electron chi connectivity index (χ4n) is 4.85. The molecule has 1 rings (SSSR count). The molecule has 0 radical (unpaired) electrons. The number of carbonyl (C=O) groups is 6. The van der Waals surface area contributed by atoms with Gasteiger partial charge in [0.2, 0.25) is 29.5 Å². The van der Waals surface area contributed by atoms with Crippen LogP contribution in [0, 0.1) is 11.8 Å². The van der Waals surface area contributed by atoms with Crippen LogP contribution >= 0.6 is 0 Å². The fraction of sp³-hybridized carbons (Fsp3) is 0.559. The summed E-state index contributed by atoms with van der Waals surface area (Å²) in [7, 11) is 0. The van der Waals surface area contributed by atoms with Crippen molar-refractivity contribution in [3.63, 3.8) is 0 Å². The Morgan fingerprint density at radius 3 is 2.06 bits per heavy atom. The summed E-state index contributed by atoms with van der Waals surface area (Å²) in [6, 6.07) is 3.79. The lowest BCUT2D eigenvalue weighted by Gasteiger charge is -2.27. The largest absolute Gasteiger partial charge is 0.480 e. The number of guanidine groups is 1. The van der Waals surface area contributed by atoms with Gasteiger partial charge in [-0.1, -0.05) is 70.5 Å². The Labute approximate surface area is 293 Å². The minimum Gasteiger partial charge on any atom is -0.480 e. The van der Waals surface area contributed by atoms with E-state index < -0.39 is 72.3 Å². The van der Waals surface area contributed by atoms with E-state index in [0.29, 0.717) is 6.42 Å². The van der Waals surface area contributed by atoms with Gasteiger partial charge in [0.05, 0.1) is 12.6 Å². The zero-order chi connectivity index (χ0) is 37.8. The quantitative estimate of drug-likeness (QED) is 0.0303. The number of carbonyl (C=O) groups excluding carboxylic acids is 5. The predicted molar refractivity (Wildman–Crippen MR) is 190 cm³/mol. The van der Waals surface area contributed by atoms with Gasteiger partial charge < -0.3 is 48.9 Å². The first-order valence-corrected chi connectivity index (χ1v) is 16.8. The van der Waals surface area contributed by atoms with Crippen LogP contribution in [0.5, 0.6) is 0 Å². The second kappa shape index (κ2) is 22.6. The normalized spacial score (nSPS) is 14.4. The number of rotatable bonds is 23. The van der Waals surface area contributed by atoms with E-state index >= 15 is 0 Å². The number of aliphatic imine (C=N–C) groups is 1. The minimum atomic E-state index is -1.21. The highest BCUT2D eigenvalue weighted by molar-refractivity contribution is 5.95. The highest BCUT2D eigenvalue weighted by Crippen LogP contribution is 2.10. The van der Waals surface area contributed by atoms with Crippen molar-refractivity contribution in [2.24, 2.45) is 34.0 Å².